The summed E-state index contributed by atoms with van der Waals surface area (Å²) in [5.74, 6) is 1.76. The number of anilines is 2. The lowest BCUT2D eigenvalue weighted by Crippen LogP contribution is -2.14. The van der Waals surface area contributed by atoms with Crippen molar-refractivity contribution in [3.05, 3.63) is 72.2 Å². The molecule has 0 radical (unpaired) electrons. The van der Waals surface area contributed by atoms with E-state index in [1.165, 1.54) is 12.4 Å². The van der Waals surface area contributed by atoms with Gasteiger partial charge in [-0.05, 0) is 30.3 Å². The number of ether oxygens (including phenoxy) is 2. The second-order valence-electron chi connectivity index (χ2n) is 5.63. The van der Waals surface area contributed by atoms with E-state index in [1.807, 2.05) is 24.3 Å². The minimum Gasteiger partial charge on any atom is -0.497 e. The van der Waals surface area contributed by atoms with Crippen LogP contribution in [0.3, 0.4) is 0 Å². The van der Waals surface area contributed by atoms with Gasteiger partial charge in [0, 0.05) is 17.8 Å². The van der Waals surface area contributed by atoms with Crippen LogP contribution in [0.1, 0.15) is 16.1 Å². The van der Waals surface area contributed by atoms with Gasteiger partial charge in [-0.25, -0.2) is 9.97 Å². The van der Waals surface area contributed by atoms with Crippen LogP contribution in [0.2, 0.25) is 0 Å². The van der Waals surface area contributed by atoms with Crippen molar-refractivity contribution in [1.82, 2.24) is 9.97 Å². The van der Waals surface area contributed by atoms with Crippen LogP contribution in [-0.2, 0) is 6.54 Å². The Morgan fingerprint density at radius 3 is 2.41 bits per heavy atom. The van der Waals surface area contributed by atoms with Crippen LogP contribution < -0.4 is 20.1 Å². The molecule has 3 aromatic rings. The van der Waals surface area contributed by atoms with Gasteiger partial charge in [0.1, 0.15) is 23.0 Å². The molecule has 0 aliphatic heterocycles. The molecule has 1 aromatic heterocycles. The molecule has 27 heavy (non-hydrogen) atoms. The fourth-order valence-electron chi connectivity index (χ4n) is 2.44. The lowest BCUT2D eigenvalue weighted by atomic mass is 10.2. The molecule has 3 rings (SSSR count). The number of nitrogens with zero attached hydrogens (tertiary/aromatic N) is 2. The highest BCUT2D eigenvalue weighted by Crippen LogP contribution is 2.18. The smallest absolute Gasteiger partial charge is 0.275 e. The summed E-state index contributed by atoms with van der Waals surface area (Å²) in [5.41, 5.74) is 1.89. The van der Waals surface area contributed by atoms with Crippen molar-refractivity contribution >= 4 is 17.4 Å². The van der Waals surface area contributed by atoms with Crippen LogP contribution in [0.4, 0.5) is 11.5 Å². The lowest BCUT2D eigenvalue weighted by Gasteiger charge is -2.10. The van der Waals surface area contributed by atoms with Gasteiger partial charge in [0.2, 0.25) is 0 Å². The Morgan fingerprint density at radius 1 is 0.963 bits per heavy atom. The second-order valence-corrected chi connectivity index (χ2v) is 5.63. The molecule has 0 saturated carbocycles. The Bertz CT molecular complexity index is 896. The summed E-state index contributed by atoms with van der Waals surface area (Å²) >= 11 is 0. The molecule has 138 valence electrons. The molecule has 0 spiro atoms. The van der Waals surface area contributed by atoms with E-state index in [2.05, 4.69) is 20.6 Å². The Balaban J connectivity index is 1.59. The molecular weight excluding hydrogens is 344 g/mol. The molecule has 0 aliphatic rings. The standard InChI is InChI=1S/C20H20N4O3/c1-26-16-9-7-15(8-10-16)24-20(25)17-12-23-19(13-21-17)22-11-14-5-3-4-6-18(14)27-2/h3-10,12-13H,11H2,1-2H3,(H,22,23)(H,24,25). The fraction of sp³-hybridized carbons (Fsp3) is 0.150. The molecule has 0 unspecified atom stereocenters. The Labute approximate surface area is 157 Å². The maximum atomic E-state index is 12.3. The van der Waals surface area contributed by atoms with Crippen LogP contribution in [0.5, 0.6) is 11.5 Å². The Kier molecular flexibility index (Phi) is 5.84. The van der Waals surface area contributed by atoms with Crippen molar-refractivity contribution in [2.45, 2.75) is 6.54 Å². The largest absolute Gasteiger partial charge is 0.497 e. The van der Waals surface area contributed by atoms with Crippen molar-refractivity contribution in [3.63, 3.8) is 0 Å². The maximum Gasteiger partial charge on any atom is 0.275 e. The molecule has 2 N–H and O–H groups in total. The summed E-state index contributed by atoms with van der Waals surface area (Å²) in [6.45, 7) is 0.538. The van der Waals surface area contributed by atoms with E-state index in [-0.39, 0.29) is 11.6 Å². The van der Waals surface area contributed by atoms with E-state index in [0.717, 1.165) is 17.1 Å². The minimum atomic E-state index is -0.330. The molecule has 7 nitrogen and oxygen atoms in total. The topological polar surface area (TPSA) is 85.4 Å². The van der Waals surface area contributed by atoms with Crippen LogP contribution in [-0.4, -0.2) is 30.1 Å². The quantitative estimate of drug-likeness (QED) is 0.669. The molecular formula is C20H20N4O3. The van der Waals surface area contributed by atoms with Gasteiger partial charge in [-0.15, -0.1) is 0 Å². The third kappa shape index (κ3) is 4.72. The number of benzene rings is 2. The summed E-state index contributed by atoms with van der Waals surface area (Å²) in [4.78, 5) is 20.7. The monoisotopic (exact) mass is 364 g/mol. The SMILES string of the molecule is COc1ccc(NC(=O)c2cnc(NCc3ccccc3OC)cn2)cc1. The highest BCUT2D eigenvalue weighted by molar-refractivity contribution is 6.02. The molecule has 1 amide bonds. The number of carbonyl (C=O) groups is 1. The van der Waals surface area contributed by atoms with Gasteiger partial charge in [0.05, 0.1) is 26.6 Å². The number of para-hydroxylation sites is 1. The number of carbonyl (C=O) groups excluding carboxylic acids is 1. The van der Waals surface area contributed by atoms with Gasteiger partial charge < -0.3 is 20.1 Å². The van der Waals surface area contributed by atoms with Gasteiger partial charge in [0.25, 0.3) is 5.91 Å². The fourth-order valence-corrected chi connectivity index (χ4v) is 2.44. The van der Waals surface area contributed by atoms with E-state index in [0.29, 0.717) is 18.1 Å². The third-order valence-electron chi connectivity index (χ3n) is 3.88. The van der Waals surface area contributed by atoms with Gasteiger partial charge in [-0.3, -0.25) is 4.79 Å². The van der Waals surface area contributed by atoms with Crippen LogP contribution in [0.15, 0.2) is 60.9 Å². The number of rotatable bonds is 7. The molecule has 1 heterocycles. The summed E-state index contributed by atoms with van der Waals surface area (Å²) in [7, 11) is 3.22. The first-order valence-corrected chi connectivity index (χ1v) is 8.33. The molecule has 0 aliphatic carbocycles. The highest BCUT2D eigenvalue weighted by atomic mass is 16.5. The number of amides is 1. The maximum absolute atomic E-state index is 12.3. The molecule has 0 saturated heterocycles. The van der Waals surface area contributed by atoms with Crippen LogP contribution in [0.25, 0.3) is 0 Å². The average molecular weight is 364 g/mol. The van der Waals surface area contributed by atoms with Crippen molar-refractivity contribution in [2.24, 2.45) is 0 Å². The molecule has 0 fully saturated rings. The van der Waals surface area contributed by atoms with E-state index < -0.39 is 0 Å². The normalized spacial score (nSPS) is 10.1. The third-order valence-corrected chi connectivity index (χ3v) is 3.88. The highest BCUT2D eigenvalue weighted by Gasteiger charge is 2.09. The second kappa shape index (κ2) is 8.66. The van der Waals surface area contributed by atoms with Gasteiger partial charge in [0.15, 0.2) is 0 Å². The molecule has 7 heteroatoms. The first-order chi connectivity index (χ1) is 13.2. The van der Waals surface area contributed by atoms with Gasteiger partial charge >= 0.3 is 0 Å². The number of hydrogen-bond acceptors (Lipinski definition) is 6. The van der Waals surface area contributed by atoms with E-state index >= 15 is 0 Å². The minimum absolute atomic E-state index is 0.230. The number of nitrogens with one attached hydrogen (secondary N) is 2. The zero-order chi connectivity index (χ0) is 19.1. The molecule has 0 bridgehead atoms. The molecule has 2 aromatic carbocycles. The average Bonchev–Trinajstić information content (AvgIpc) is 2.73. The zero-order valence-corrected chi connectivity index (χ0v) is 15.1. The van der Waals surface area contributed by atoms with Gasteiger partial charge in [-0.1, -0.05) is 18.2 Å². The first kappa shape index (κ1) is 18.2. The summed E-state index contributed by atoms with van der Waals surface area (Å²) < 4.78 is 10.4. The van der Waals surface area contributed by atoms with Crippen molar-refractivity contribution < 1.29 is 14.3 Å². The van der Waals surface area contributed by atoms with Crippen molar-refractivity contribution in [1.29, 1.82) is 0 Å². The predicted octanol–water partition coefficient (Wildman–Crippen LogP) is 3.36. The summed E-state index contributed by atoms with van der Waals surface area (Å²) in [5, 5.41) is 5.93. The number of methoxy groups -OCH3 is 2. The predicted molar refractivity (Wildman–Crippen MR) is 103 cm³/mol. The van der Waals surface area contributed by atoms with E-state index in [4.69, 9.17) is 9.47 Å². The summed E-state index contributed by atoms with van der Waals surface area (Å²) in [6, 6.07) is 14.8. The van der Waals surface area contributed by atoms with Crippen molar-refractivity contribution in [2.75, 3.05) is 24.9 Å². The van der Waals surface area contributed by atoms with Gasteiger partial charge in [-0.2, -0.15) is 0 Å². The van der Waals surface area contributed by atoms with Crippen molar-refractivity contribution in [3.8, 4) is 11.5 Å². The number of hydrogen-bond donors (Lipinski definition) is 2. The van der Waals surface area contributed by atoms with Crippen LogP contribution >= 0.6 is 0 Å². The first-order valence-electron chi connectivity index (χ1n) is 8.33. The Morgan fingerprint density at radius 2 is 1.74 bits per heavy atom. The van der Waals surface area contributed by atoms with E-state index in [1.54, 1.807) is 38.5 Å². The zero-order valence-electron chi connectivity index (χ0n) is 15.1. The summed E-state index contributed by atoms with van der Waals surface area (Å²) in [6.07, 6.45) is 2.96. The lowest BCUT2D eigenvalue weighted by molar-refractivity contribution is 0.102. The Hall–Kier alpha value is -3.61. The van der Waals surface area contributed by atoms with Crippen LogP contribution in [0, 0.1) is 0 Å². The molecule has 0 atom stereocenters. The van der Waals surface area contributed by atoms with E-state index in [9.17, 15) is 4.79 Å². The number of aromatic nitrogens is 2.